The van der Waals surface area contributed by atoms with E-state index in [9.17, 15) is 4.79 Å². The van der Waals surface area contributed by atoms with Crippen LogP contribution < -0.4 is 5.32 Å². The number of H-pyrrole nitrogens is 1. The summed E-state index contributed by atoms with van der Waals surface area (Å²) in [6.07, 6.45) is 6.80. The van der Waals surface area contributed by atoms with Gasteiger partial charge in [0, 0.05) is 22.3 Å². The lowest BCUT2D eigenvalue weighted by Crippen LogP contribution is -2.24. The quantitative estimate of drug-likeness (QED) is 0.843. The Hall–Kier alpha value is -1.88. The Bertz CT molecular complexity index is 620. The maximum absolute atomic E-state index is 11.9. The Balaban J connectivity index is 1.99. The molecule has 1 amide bonds. The molecule has 5 heteroatoms. The fourth-order valence-electron chi connectivity index (χ4n) is 1.78. The van der Waals surface area contributed by atoms with Crippen molar-refractivity contribution in [1.29, 1.82) is 0 Å². The van der Waals surface area contributed by atoms with Crippen molar-refractivity contribution in [2.75, 3.05) is 0 Å². The number of aromatic nitrogens is 2. The minimum absolute atomic E-state index is 0.0765. The molecule has 0 aliphatic carbocycles. The number of amides is 1. The fourth-order valence-corrected chi connectivity index (χ4v) is 2.40. The molecule has 1 heterocycles. The summed E-state index contributed by atoms with van der Waals surface area (Å²) in [5.41, 5.74) is 3.09. The Labute approximate surface area is 126 Å². The molecule has 2 N–H and O–H groups in total. The number of aryl methyl sites for hydroxylation is 1. The van der Waals surface area contributed by atoms with E-state index < -0.39 is 0 Å². The molecule has 1 atom stereocenters. The molecule has 0 aliphatic heterocycles. The molecule has 0 spiro atoms. The van der Waals surface area contributed by atoms with E-state index >= 15 is 0 Å². The third-order valence-electron chi connectivity index (χ3n) is 2.95. The SMILES string of the molecule is Cc1ccc(/C=C/C(=O)NC(C)c2cn[nH]c2)c(Br)c1. The van der Waals surface area contributed by atoms with Crippen molar-refractivity contribution in [3.63, 3.8) is 0 Å². The van der Waals surface area contributed by atoms with Crippen molar-refractivity contribution < 1.29 is 4.79 Å². The van der Waals surface area contributed by atoms with Gasteiger partial charge in [0.2, 0.25) is 5.91 Å². The van der Waals surface area contributed by atoms with E-state index in [1.165, 1.54) is 11.6 Å². The number of aromatic amines is 1. The van der Waals surface area contributed by atoms with E-state index in [2.05, 4.69) is 31.4 Å². The summed E-state index contributed by atoms with van der Waals surface area (Å²) >= 11 is 3.48. The average Bonchev–Trinajstić information content (AvgIpc) is 2.91. The topological polar surface area (TPSA) is 57.8 Å². The monoisotopic (exact) mass is 333 g/mol. The highest BCUT2D eigenvalue weighted by Crippen LogP contribution is 2.19. The van der Waals surface area contributed by atoms with Gasteiger partial charge in [-0.2, -0.15) is 5.10 Å². The van der Waals surface area contributed by atoms with Gasteiger partial charge in [0.05, 0.1) is 12.2 Å². The van der Waals surface area contributed by atoms with Crippen LogP contribution in [0.1, 0.15) is 29.7 Å². The lowest BCUT2D eigenvalue weighted by molar-refractivity contribution is -0.117. The van der Waals surface area contributed by atoms with Crippen LogP contribution in [0.25, 0.3) is 6.08 Å². The molecule has 2 aromatic rings. The first kappa shape index (κ1) is 14.5. The third-order valence-corrected chi connectivity index (χ3v) is 3.64. The van der Waals surface area contributed by atoms with Crippen molar-refractivity contribution in [1.82, 2.24) is 15.5 Å². The van der Waals surface area contributed by atoms with Crippen LogP contribution in [-0.4, -0.2) is 16.1 Å². The summed E-state index contributed by atoms with van der Waals surface area (Å²) < 4.78 is 0.976. The zero-order valence-electron chi connectivity index (χ0n) is 11.4. The summed E-state index contributed by atoms with van der Waals surface area (Å²) in [5, 5.41) is 9.47. The lowest BCUT2D eigenvalue weighted by atomic mass is 10.1. The van der Waals surface area contributed by atoms with Gasteiger partial charge in [-0.3, -0.25) is 9.89 Å². The van der Waals surface area contributed by atoms with Gasteiger partial charge in [-0.05, 0) is 37.1 Å². The Morgan fingerprint density at radius 2 is 2.30 bits per heavy atom. The molecule has 104 valence electrons. The Morgan fingerprint density at radius 3 is 2.95 bits per heavy atom. The smallest absolute Gasteiger partial charge is 0.244 e. The zero-order valence-corrected chi connectivity index (χ0v) is 12.9. The van der Waals surface area contributed by atoms with Crippen molar-refractivity contribution in [3.05, 3.63) is 57.8 Å². The van der Waals surface area contributed by atoms with E-state index in [-0.39, 0.29) is 11.9 Å². The van der Waals surface area contributed by atoms with Crippen LogP contribution in [0.4, 0.5) is 0 Å². The minimum atomic E-state index is -0.133. The normalized spacial score (nSPS) is 12.6. The van der Waals surface area contributed by atoms with Crippen molar-refractivity contribution in [3.8, 4) is 0 Å². The molecule has 0 fully saturated rings. The minimum Gasteiger partial charge on any atom is -0.346 e. The number of halogens is 1. The first-order chi connectivity index (χ1) is 9.56. The van der Waals surface area contributed by atoms with Gasteiger partial charge < -0.3 is 5.32 Å². The fraction of sp³-hybridized carbons (Fsp3) is 0.200. The summed E-state index contributed by atoms with van der Waals surface area (Å²) in [6.45, 7) is 3.94. The number of hydrogen-bond donors (Lipinski definition) is 2. The zero-order chi connectivity index (χ0) is 14.5. The molecule has 0 radical (unpaired) electrons. The second-order valence-electron chi connectivity index (χ2n) is 4.62. The molecular weight excluding hydrogens is 318 g/mol. The molecule has 1 aromatic carbocycles. The molecule has 4 nitrogen and oxygen atoms in total. The number of benzene rings is 1. The predicted molar refractivity (Wildman–Crippen MR) is 83.1 cm³/mol. The van der Waals surface area contributed by atoms with E-state index in [0.717, 1.165) is 15.6 Å². The van der Waals surface area contributed by atoms with E-state index in [0.29, 0.717) is 0 Å². The van der Waals surface area contributed by atoms with Gasteiger partial charge in [0.1, 0.15) is 0 Å². The third kappa shape index (κ3) is 3.81. The molecule has 1 aromatic heterocycles. The summed E-state index contributed by atoms with van der Waals surface area (Å²) in [6, 6.07) is 5.93. The number of hydrogen-bond acceptors (Lipinski definition) is 2. The van der Waals surface area contributed by atoms with E-state index in [4.69, 9.17) is 0 Å². The van der Waals surface area contributed by atoms with Crippen LogP contribution in [-0.2, 0) is 4.79 Å². The van der Waals surface area contributed by atoms with Crippen molar-refractivity contribution in [2.45, 2.75) is 19.9 Å². The van der Waals surface area contributed by atoms with Crippen LogP contribution in [0, 0.1) is 6.92 Å². The number of rotatable bonds is 4. The van der Waals surface area contributed by atoms with Crippen LogP contribution in [0.15, 0.2) is 41.1 Å². The molecule has 2 rings (SSSR count). The standard InChI is InChI=1S/C15H16BrN3O/c1-10-3-4-12(14(16)7-10)5-6-15(20)19-11(2)13-8-17-18-9-13/h3-9,11H,1-2H3,(H,17,18)(H,19,20)/b6-5+. The van der Waals surface area contributed by atoms with E-state index in [1.54, 1.807) is 18.5 Å². The van der Waals surface area contributed by atoms with Gasteiger partial charge in [-0.25, -0.2) is 0 Å². The second-order valence-corrected chi connectivity index (χ2v) is 5.47. The van der Waals surface area contributed by atoms with Crippen LogP contribution in [0.2, 0.25) is 0 Å². The Kier molecular flexibility index (Phi) is 4.74. The van der Waals surface area contributed by atoms with Gasteiger partial charge in [0.25, 0.3) is 0 Å². The number of nitrogens with one attached hydrogen (secondary N) is 2. The van der Waals surface area contributed by atoms with Crippen LogP contribution >= 0.6 is 15.9 Å². The molecular formula is C15H16BrN3O. The maximum atomic E-state index is 11.9. The summed E-state index contributed by atoms with van der Waals surface area (Å²) in [4.78, 5) is 11.9. The van der Waals surface area contributed by atoms with E-state index in [1.807, 2.05) is 32.0 Å². The maximum Gasteiger partial charge on any atom is 0.244 e. The number of carbonyl (C=O) groups excluding carboxylic acids is 1. The van der Waals surface area contributed by atoms with Crippen molar-refractivity contribution in [2.24, 2.45) is 0 Å². The second kappa shape index (κ2) is 6.52. The molecule has 20 heavy (non-hydrogen) atoms. The summed E-state index contributed by atoms with van der Waals surface area (Å²) in [7, 11) is 0. The van der Waals surface area contributed by atoms with Gasteiger partial charge >= 0.3 is 0 Å². The first-order valence-electron chi connectivity index (χ1n) is 6.29. The predicted octanol–water partition coefficient (Wildman–Crippen LogP) is 3.37. The highest BCUT2D eigenvalue weighted by molar-refractivity contribution is 9.10. The van der Waals surface area contributed by atoms with Crippen molar-refractivity contribution >= 4 is 27.9 Å². The number of nitrogens with zero attached hydrogens (tertiary/aromatic N) is 1. The van der Waals surface area contributed by atoms with Gasteiger partial charge in [-0.1, -0.05) is 28.1 Å². The highest BCUT2D eigenvalue weighted by Gasteiger charge is 2.08. The molecule has 0 saturated carbocycles. The lowest BCUT2D eigenvalue weighted by Gasteiger charge is -2.09. The van der Waals surface area contributed by atoms with Crippen LogP contribution in [0.5, 0.6) is 0 Å². The van der Waals surface area contributed by atoms with Crippen LogP contribution in [0.3, 0.4) is 0 Å². The molecule has 0 aliphatic rings. The molecule has 0 saturated heterocycles. The Morgan fingerprint density at radius 1 is 1.50 bits per heavy atom. The van der Waals surface area contributed by atoms with Gasteiger partial charge in [0.15, 0.2) is 0 Å². The molecule has 0 bridgehead atoms. The number of carbonyl (C=O) groups is 1. The highest BCUT2D eigenvalue weighted by atomic mass is 79.9. The average molecular weight is 334 g/mol. The van der Waals surface area contributed by atoms with Gasteiger partial charge in [-0.15, -0.1) is 0 Å². The first-order valence-corrected chi connectivity index (χ1v) is 7.09. The summed E-state index contributed by atoms with van der Waals surface area (Å²) in [5.74, 6) is -0.133. The molecule has 1 unspecified atom stereocenters. The largest absolute Gasteiger partial charge is 0.346 e.